The van der Waals surface area contributed by atoms with E-state index in [4.69, 9.17) is 27.6 Å². The van der Waals surface area contributed by atoms with E-state index >= 15 is 0 Å². The second kappa shape index (κ2) is 11.5. The smallest absolute Gasteiger partial charge is 0.326 e. The van der Waals surface area contributed by atoms with Crippen molar-refractivity contribution in [3.8, 4) is 0 Å². The van der Waals surface area contributed by atoms with Gasteiger partial charge in [-0.15, -0.1) is 0 Å². The first kappa shape index (κ1) is 29.2. The Labute approximate surface area is 247 Å². The number of allylic oxidation sites excluding steroid dienone is 1. The third-order valence-corrected chi connectivity index (χ3v) is 10.0. The summed E-state index contributed by atoms with van der Waals surface area (Å²) < 4.78 is 29.4. The molecule has 1 aromatic heterocycles. The number of carbonyl (C=O) groups excluding carboxylic acids is 2. The zero-order valence-electron chi connectivity index (χ0n) is 22.2. The van der Waals surface area contributed by atoms with Crippen molar-refractivity contribution in [3.63, 3.8) is 0 Å². The van der Waals surface area contributed by atoms with Crippen LogP contribution in [0.2, 0.25) is 10.0 Å². The van der Waals surface area contributed by atoms with Gasteiger partial charge in [-0.1, -0.05) is 40.9 Å². The van der Waals surface area contributed by atoms with E-state index in [0.717, 1.165) is 5.39 Å². The van der Waals surface area contributed by atoms with Crippen molar-refractivity contribution in [2.24, 2.45) is 0 Å². The van der Waals surface area contributed by atoms with E-state index in [-0.39, 0.29) is 40.9 Å². The third kappa shape index (κ3) is 6.14. The van der Waals surface area contributed by atoms with Gasteiger partial charge >= 0.3 is 5.97 Å². The predicted octanol–water partition coefficient (Wildman–Crippen LogP) is 5.03. The second-order valence-electron chi connectivity index (χ2n) is 10.5. The van der Waals surface area contributed by atoms with Gasteiger partial charge < -0.3 is 19.7 Å². The first-order chi connectivity index (χ1) is 19.4. The fourth-order valence-corrected chi connectivity index (χ4v) is 7.32. The monoisotopic (exact) mass is 618 g/mol. The molecule has 12 heteroatoms. The van der Waals surface area contributed by atoms with E-state index < -0.39 is 33.0 Å². The molecule has 3 aromatic rings. The highest BCUT2D eigenvalue weighted by molar-refractivity contribution is 7.91. The maximum atomic E-state index is 13.3. The molecule has 9 nitrogen and oxygen atoms in total. The predicted molar refractivity (Wildman–Crippen MR) is 155 cm³/mol. The number of carbonyl (C=O) groups is 3. The van der Waals surface area contributed by atoms with Crippen LogP contribution < -0.4 is 5.32 Å². The first-order valence-electron chi connectivity index (χ1n) is 13.1. The molecule has 0 bridgehead atoms. The van der Waals surface area contributed by atoms with E-state index in [1.54, 1.807) is 29.4 Å². The summed E-state index contributed by atoms with van der Waals surface area (Å²) >= 11 is 13.2. The van der Waals surface area contributed by atoms with Crippen LogP contribution in [0.4, 0.5) is 0 Å². The zero-order chi connectivity index (χ0) is 29.5. The molecule has 2 heterocycles. The molecule has 1 aliphatic carbocycles. The van der Waals surface area contributed by atoms with E-state index in [1.807, 2.05) is 18.2 Å². The van der Waals surface area contributed by atoms with Crippen molar-refractivity contribution in [2.75, 3.05) is 12.8 Å². The molecule has 1 unspecified atom stereocenters. The van der Waals surface area contributed by atoms with Crippen LogP contribution in [0, 0.1) is 0 Å². The van der Waals surface area contributed by atoms with Crippen LogP contribution in [-0.4, -0.2) is 60.3 Å². The molecule has 0 radical (unpaired) electrons. The molecule has 5 rings (SSSR count). The van der Waals surface area contributed by atoms with Crippen molar-refractivity contribution in [3.05, 3.63) is 80.5 Å². The maximum Gasteiger partial charge on any atom is 0.326 e. The van der Waals surface area contributed by atoms with Crippen LogP contribution in [-0.2, 0) is 27.6 Å². The minimum atomic E-state index is -3.27. The van der Waals surface area contributed by atoms with Crippen molar-refractivity contribution < 1.29 is 32.3 Å². The molecule has 2 aromatic carbocycles. The van der Waals surface area contributed by atoms with Crippen LogP contribution in [0.1, 0.15) is 57.5 Å². The molecule has 2 N–H and O–H groups in total. The van der Waals surface area contributed by atoms with Gasteiger partial charge in [-0.05, 0) is 67.5 Å². The van der Waals surface area contributed by atoms with Gasteiger partial charge in [-0.2, -0.15) is 0 Å². The van der Waals surface area contributed by atoms with E-state index in [2.05, 4.69) is 5.32 Å². The van der Waals surface area contributed by atoms with Gasteiger partial charge in [0.2, 0.25) is 0 Å². The molecule has 0 spiro atoms. The van der Waals surface area contributed by atoms with Crippen molar-refractivity contribution in [1.29, 1.82) is 0 Å². The van der Waals surface area contributed by atoms with Crippen LogP contribution in [0.5, 0.6) is 0 Å². The summed E-state index contributed by atoms with van der Waals surface area (Å²) in [5.41, 5.74) is 3.10. The highest BCUT2D eigenvalue weighted by Crippen LogP contribution is 2.35. The van der Waals surface area contributed by atoms with Crippen molar-refractivity contribution >= 4 is 61.8 Å². The van der Waals surface area contributed by atoms with Gasteiger partial charge in [0.15, 0.2) is 9.84 Å². The summed E-state index contributed by atoms with van der Waals surface area (Å²) in [7, 11) is -3.27. The van der Waals surface area contributed by atoms with Gasteiger partial charge in [0.1, 0.15) is 11.6 Å². The number of sulfone groups is 1. The Bertz CT molecular complexity index is 1700. The Morgan fingerprint density at radius 1 is 1.20 bits per heavy atom. The first-order valence-corrected chi connectivity index (χ1v) is 15.8. The molecule has 0 saturated heterocycles. The summed E-state index contributed by atoms with van der Waals surface area (Å²) in [6.45, 7) is 0.594. The molecule has 2 aliphatic rings. The highest BCUT2D eigenvalue weighted by atomic mass is 35.5. The number of carboxylic acids is 1. The fourth-order valence-electron chi connectivity index (χ4n) is 5.48. The normalized spacial score (nSPS) is 18.0. The molecule has 216 valence electrons. The van der Waals surface area contributed by atoms with Crippen LogP contribution in [0.25, 0.3) is 11.0 Å². The molecule has 2 amide bonds. The summed E-state index contributed by atoms with van der Waals surface area (Å²) in [4.78, 5) is 40.2. The number of nitrogens with one attached hydrogen (secondary N) is 1. The van der Waals surface area contributed by atoms with Crippen LogP contribution in [0.3, 0.4) is 0 Å². The number of carboxylic acid groups (broad SMARTS) is 1. The number of hydrogen-bond acceptors (Lipinski definition) is 6. The van der Waals surface area contributed by atoms with Crippen LogP contribution >= 0.6 is 23.2 Å². The minimum absolute atomic E-state index is 0.0336. The van der Waals surface area contributed by atoms with Gasteiger partial charge in [0.25, 0.3) is 11.8 Å². The number of halogens is 2. The quantitative estimate of drug-likeness (QED) is 0.354. The number of nitrogens with zero attached hydrogens (tertiary/aromatic N) is 1. The van der Waals surface area contributed by atoms with Crippen LogP contribution in [0.15, 0.2) is 52.7 Å². The molecular weight excluding hydrogens is 591 g/mol. The summed E-state index contributed by atoms with van der Waals surface area (Å²) in [5, 5.41) is 12.8. The van der Waals surface area contributed by atoms with Crippen molar-refractivity contribution in [2.45, 2.75) is 49.9 Å². The number of amides is 2. The molecule has 0 saturated carbocycles. The Morgan fingerprint density at radius 2 is 1.98 bits per heavy atom. The average molecular weight is 620 g/mol. The number of hydrogen-bond donors (Lipinski definition) is 2. The summed E-state index contributed by atoms with van der Waals surface area (Å²) in [6, 6.07) is 7.37. The Kier molecular flexibility index (Phi) is 8.18. The number of benzene rings is 2. The standard InChI is InChI=1S/C29H28Cl2N2O7S/c1-41(38,39)20-4-2-3-16(11-20)12-23(29(36)37)32-27(34)25-22(30)13-19-15-33(9-7-21(19)26(25)31)28(35)18-6-5-17-8-10-40-24(17)14-18/h3,5-6,8,10,13-14,20,23H,2,4,7,9,11-12,15H2,1H3,(H,32,34)(H,36,37)/t20?,23-/m0/s1. The summed E-state index contributed by atoms with van der Waals surface area (Å²) in [5.74, 6) is -2.17. The fraction of sp³-hybridized carbons (Fsp3) is 0.345. The number of aliphatic carboxylic acids is 1. The lowest BCUT2D eigenvalue weighted by molar-refractivity contribution is -0.139. The molecular formula is C29H28Cl2N2O7S. The lowest BCUT2D eigenvalue weighted by atomic mass is 9.93. The van der Waals surface area contributed by atoms with E-state index in [1.165, 1.54) is 6.26 Å². The Balaban J connectivity index is 1.32. The van der Waals surface area contributed by atoms with E-state index in [9.17, 15) is 27.9 Å². The number of furan rings is 1. The van der Waals surface area contributed by atoms with Gasteiger partial charge in [0, 0.05) is 30.3 Å². The summed E-state index contributed by atoms with van der Waals surface area (Å²) in [6.07, 6.45) is 6.14. The minimum Gasteiger partial charge on any atom is -0.480 e. The molecule has 2 atom stereocenters. The molecule has 41 heavy (non-hydrogen) atoms. The number of rotatable bonds is 7. The van der Waals surface area contributed by atoms with E-state index in [0.29, 0.717) is 53.7 Å². The Morgan fingerprint density at radius 3 is 2.71 bits per heavy atom. The lowest BCUT2D eigenvalue weighted by Gasteiger charge is -2.30. The Hall–Kier alpha value is -3.34. The zero-order valence-corrected chi connectivity index (χ0v) is 24.5. The van der Waals surface area contributed by atoms with Crippen molar-refractivity contribution in [1.82, 2.24) is 10.2 Å². The molecule has 0 fully saturated rings. The molecule has 1 aliphatic heterocycles. The highest BCUT2D eigenvalue weighted by Gasteiger charge is 2.31. The van der Waals surface area contributed by atoms with Gasteiger partial charge in [0.05, 0.1) is 27.1 Å². The SMILES string of the molecule is CS(=O)(=O)C1CCC=C(C[C@H](NC(=O)c2c(Cl)cc3c(c2Cl)CCN(C(=O)c2ccc4ccoc4c2)C3)C(=O)O)C1. The number of fused-ring (bicyclic) bond motifs is 2. The largest absolute Gasteiger partial charge is 0.480 e. The topological polar surface area (TPSA) is 134 Å². The second-order valence-corrected chi connectivity index (χ2v) is 13.6. The van der Waals surface area contributed by atoms with Gasteiger partial charge in [-0.3, -0.25) is 9.59 Å². The van der Waals surface area contributed by atoms with Gasteiger partial charge in [-0.25, -0.2) is 13.2 Å². The maximum absolute atomic E-state index is 13.3. The third-order valence-electron chi connectivity index (χ3n) is 7.71. The lowest BCUT2D eigenvalue weighted by Crippen LogP contribution is -2.42. The average Bonchev–Trinajstić information content (AvgIpc) is 3.39.